The van der Waals surface area contributed by atoms with Crippen LogP contribution >= 0.6 is 0 Å². The van der Waals surface area contributed by atoms with Gasteiger partial charge in [-0.2, -0.15) is 0 Å². The Morgan fingerprint density at radius 3 is 2.28 bits per heavy atom. The minimum Gasteiger partial charge on any atom is -0.374 e. The molecule has 0 heterocycles. The Labute approximate surface area is 112 Å². The monoisotopic (exact) mass is 249 g/mol. The Morgan fingerprint density at radius 2 is 1.78 bits per heavy atom. The van der Waals surface area contributed by atoms with E-state index in [-0.39, 0.29) is 11.6 Å². The Balaban J connectivity index is 2.68. The highest BCUT2D eigenvalue weighted by atomic mass is 16.5. The van der Waals surface area contributed by atoms with Crippen LogP contribution in [0.1, 0.15) is 51.3 Å². The molecule has 2 heteroatoms. The summed E-state index contributed by atoms with van der Waals surface area (Å²) < 4.78 is 5.91. The van der Waals surface area contributed by atoms with E-state index in [1.807, 2.05) is 0 Å². The first-order chi connectivity index (χ1) is 8.42. The third kappa shape index (κ3) is 5.65. The van der Waals surface area contributed by atoms with Crippen molar-refractivity contribution in [3.63, 3.8) is 0 Å². The molecule has 1 atom stereocenters. The lowest BCUT2D eigenvalue weighted by atomic mass is 10.1. The molecule has 1 aromatic carbocycles. The third-order valence-electron chi connectivity index (χ3n) is 2.80. The van der Waals surface area contributed by atoms with Gasteiger partial charge in [-0.3, -0.25) is 0 Å². The van der Waals surface area contributed by atoms with Crippen molar-refractivity contribution in [1.29, 1.82) is 0 Å². The van der Waals surface area contributed by atoms with Crippen molar-refractivity contribution in [3.05, 3.63) is 35.4 Å². The van der Waals surface area contributed by atoms with Crippen LogP contribution in [0.5, 0.6) is 0 Å². The molecule has 1 aromatic rings. The molecule has 0 fully saturated rings. The smallest absolute Gasteiger partial charge is 0.0668 e. The van der Waals surface area contributed by atoms with Gasteiger partial charge in [-0.05, 0) is 46.2 Å². The van der Waals surface area contributed by atoms with E-state index in [1.54, 1.807) is 0 Å². The first-order valence-electron chi connectivity index (χ1n) is 6.86. The summed E-state index contributed by atoms with van der Waals surface area (Å²) in [5.41, 5.74) is 2.51. The van der Waals surface area contributed by atoms with Crippen LogP contribution in [0.4, 0.5) is 0 Å². The zero-order valence-corrected chi connectivity index (χ0v) is 12.4. The van der Waals surface area contributed by atoms with Crippen LogP contribution in [0, 0.1) is 6.92 Å². The summed E-state index contributed by atoms with van der Waals surface area (Å²) >= 11 is 0. The quantitative estimate of drug-likeness (QED) is 0.827. The molecule has 1 unspecified atom stereocenters. The second-order valence-electron chi connectivity index (χ2n) is 5.84. The number of ether oxygens (including phenoxy) is 1. The van der Waals surface area contributed by atoms with Crippen LogP contribution in [0.25, 0.3) is 0 Å². The molecular formula is C16H27NO. The number of aryl methyl sites for hydroxylation is 1. The maximum absolute atomic E-state index is 5.91. The van der Waals surface area contributed by atoms with Crippen LogP contribution in [-0.2, 0) is 4.74 Å². The van der Waals surface area contributed by atoms with Crippen molar-refractivity contribution < 1.29 is 4.74 Å². The molecule has 0 saturated carbocycles. The van der Waals surface area contributed by atoms with Crippen molar-refractivity contribution in [1.82, 2.24) is 5.32 Å². The molecule has 1 rings (SSSR count). The van der Waals surface area contributed by atoms with E-state index in [0.29, 0.717) is 6.61 Å². The van der Waals surface area contributed by atoms with Gasteiger partial charge in [0.1, 0.15) is 0 Å². The molecule has 0 saturated heterocycles. The summed E-state index contributed by atoms with van der Waals surface area (Å²) in [7, 11) is 0. The van der Waals surface area contributed by atoms with Gasteiger partial charge in [-0.15, -0.1) is 0 Å². The predicted molar refractivity (Wildman–Crippen MR) is 77.9 cm³/mol. The normalized spacial score (nSPS) is 13.6. The molecular weight excluding hydrogens is 222 g/mol. The molecule has 0 aromatic heterocycles. The van der Waals surface area contributed by atoms with Gasteiger partial charge in [-0.25, -0.2) is 0 Å². The average Bonchev–Trinajstić information content (AvgIpc) is 2.29. The molecule has 0 aliphatic carbocycles. The molecule has 0 aliphatic heterocycles. The van der Waals surface area contributed by atoms with Crippen LogP contribution in [0.2, 0.25) is 0 Å². The van der Waals surface area contributed by atoms with E-state index in [0.717, 1.165) is 13.0 Å². The number of benzene rings is 1. The van der Waals surface area contributed by atoms with Gasteiger partial charge in [-0.1, -0.05) is 36.8 Å². The number of rotatable bonds is 6. The minimum absolute atomic E-state index is 0.0865. The zero-order chi connectivity index (χ0) is 13.6. The first-order valence-corrected chi connectivity index (χ1v) is 6.86. The van der Waals surface area contributed by atoms with Gasteiger partial charge in [0, 0.05) is 0 Å². The van der Waals surface area contributed by atoms with Crippen LogP contribution in [-0.4, -0.2) is 18.8 Å². The number of hydrogen-bond donors (Lipinski definition) is 1. The SMILES string of the molecule is CCCNC(COC(C)(C)C)c1ccc(C)cc1. The predicted octanol–water partition coefficient (Wildman–Crippen LogP) is 3.85. The summed E-state index contributed by atoms with van der Waals surface area (Å²) in [4.78, 5) is 0. The third-order valence-corrected chi connectivity index (χ3v) is 2.80. The molecule has 0 amide bonds. The molecule has 18 heavy (non-hydrogen) atoms. The van der Waals surface area contributed by atoms with E-state index in [4.69, 9.17) is 4.74 Å². The maximum atomic E-state index is 5.91. The van der Waals surface area contributed by atoms with Crippen molar-refractivity contribution >= 4 is 0 Å². The van der Waals surface area contributed by atoms with Gasteiger partial charge in [0.05, 0.1) is 18.2 Å². The first kappa shape index (κ1) is 15.2. The Kier molecular flexibility index (Phi) is 5.83. The summed E-state index contributed by atoms with van der Waals surface area (Å²) in [6.45, 7) is 12.3. The molecule has 0 bridgehead atoms. The molecule has 102 valence electrons. The topological polar surface area (TPSA) is 21.3 Å². The maximum Gasteiger partial charge on any atom is 0.0668 e. The minimum atomic E-state index is -0.0865. The summed E-state index contributed by atoms with van der Waals surface area (Å²) in [5, 5.41) is 3.55. The molecule has 0 aliphatic rings. The van der Waals surface area contributed by atoms with Gasteiger partial charge < -0.3 is 10.1 Å². The summed E-state index contributed by atoms with van der Waals surface area (Å²) in [5.74, 6) is 0. The Hall–Kier alpha value is -0.860. The molecule has 2 nitrogen and oxygen atoms in total. The van der Waals surface area contributed by atoms with Crippen molar-refractivity contribution in [2.24, 2.45) is 0 Å². The largest absolute Gasteiger partial charge is 0.374 e. The van der Waals surface area contributed by atoms with Crippen molar-refractivity contribution in [2.75, 3.05) is 13.2 Å². The summed E-state index contributed by atoms with van der Waals surface area (Å²) in [6.07, 6.45) is 1.14. The average molecular weight is 249 g/mol. The number of nitrogens with one attached hydrogen (secondary N) is 1. The second kappa shape index (κ2) is 6.91. The molecule has 0 radical (unpaired) electrons. The van der Waals surface area contributed by atoms with Gasteiger partial charge >= 0.3 is 0 Å². The highest BCUT2D eigenvalue weighted by molar-refractivity contribution is 5.24. The van der Waals surface area contributed by atoms with Crippen molar-refractivity contribution in [3.8, 4) is 0 Å². The van der Waals surface area contributed by atoms with Gasteiger partial charge in [0.25, 0.3) is 0 Å². The van der Waals surface area contributed by atoms with Gasteiger partial charge in [0.15, 0.2) is 0 Å². The van der Waals surface area contributed by atoms with Gasteiger partial charge in [0.2, 0.25) is 0 Å². The zero-order valence-electron chi connectivity index (χ0n) is 12.4. The van der Waals surface area contributed by atoms with Crippen molar-refractivity contribution in [2.45, 2.75) is 52.7 Å². The highest BCUT2D eigenvalue weighted by Crippen LogP contribution is 2.17. The van der Waals surface area contributed by atoms with E-state index < -0.39 is 0 Å². The molecule has 0 spiro atoms. The van der Waals surface area contributed by atoms with E-state index in [9.17, 15) is 0 Å². The summed E-state index contributed by atoms with van der Waals surface area (Å²) in [6, 6.07) is 8.98. The fourth-order valence-corrected chi connectivity index (χ4v) is 1.72. The lowest BCUT2D eigenvalue weighted by Crippen LogP contribution is -2.30. The van der Waals surface area contributed by atoms with E-state index >= 15 is 0 Å². The van der Waals surface area contributed by atoms with E-state index in [2.05, 4.69) is 64.2 Å². The number of hydrogen-bond acceptors (Lipinski definition) is 2. The standard InChI is InChI=1S/C16H27NO/c1-6-11-17-15(12-18-16(3,4)5)14-9-7-13(2)8-10-14/h7-10,15,17H,6,11-12H2,1-5H3. The molecule has 1 N–H and O–H groups in total. The fraction of sp³-hybridized carbons (Fsp3) is 0.625. The van der Waals surface area contributed by atoms with Crippen LogP contribution in [0.15, 0.2) is 24.3 Å². The second-order valence-corrected chi connectivity index (χ2v) is 5.84. The van der Waals surface area contributed by atoms with Crippen LogP contribution < -0.4 is 5.32 Å². The van der Waals surface area contributed by atoms with Crippen LogP contribution in [0.3, 0.4) is 0 Å². The lowest BCUT2D eigenvalue weighted by molar-refractivity contribution is -0.0147. The van der Waals surface area contributed by atoms with E-state index in [1.165, 1.54) is 11.1 Å². The lowest BCUT2D eigenvalue weighted by Gasteiger charge is -2.25. The Morgan fingerprint density at radius 1 is 1.17 bits per heavy atom. The Bertz CT molecular complexity index is 337. The fourth-order valence-electron chi connectivity index (χ4n) is 1.72. The highest BCUT2D eigenvalue weighted by Gasteiger charge is 2.16.